The van der Waals surface area contributed by atoms with E-state index in [0.29, 0.717) is 6.04 Å². The Hall–Kier alpha value is -1.16. The lowest BCUT2D eigenvalue weighted by molar-refractivity contribution is 0.497. The highest BCUT2D eigenvalue weighted by Gasteiger charge is 2.16. The van der Waals surface area contributed by atoms with Gasteiger partial charge in [0.15, 0.2) is 5.82 Å². The Morgan fingerprint density at radius 2 is 2.15 bits per heavy atom. The zero-order valence-electron chi connectivity index (χ0n) is 7.56. The molecule has 1 fully saturated rings. The highest BCUT2D eigenvalue weighted by Crippen LogP contribution is 2.15. The average molecular weight is 178 g/mol. The van der Waals surface area contributed by atoms with Crippen LogP contribution in [0.25, 0.3) is 0 Å². The van der Waals surface area contributed by atoms with Gasteiger partial charge in [-0.1, -0.05) is 0 Å². The number of aromatic nitrogens is 2. The average Bonchev–Trinajstić information content (AvgIpc) is 2.20. The Bertz CT molecular complexity index is 254. The Morgan fingerprint density at radius 3 is 2.77 bits per heavy atom. The monoisotopic (exact) mass is 178 g/mol. The fourth-order valence-corrected chi connectivity index (χ4v) is 1.59. The molecule has 0 bridgehead atoms. The summed E-state index contributed by atoms with van der Waals surface area (Å²) in [6.45, 7) is 2.00. The molecule has 0 amide bonds. The zero-order valence-corrected chi connectivity index (χ0v) is 7.56. The quantitative estimate of drug-likeness (QED) is 0.676. The van der Waals surface area contributed by atoms with Crippen LogP contribution in [0.2, 0.25) is 0 Å². The van der Waals surface area contributed by atoms with Gasteiger partial charge in [0, 0.05) is 25.3 Å². The van der Waals surface area contributed by atoms with Crippen LogP contribution in [-0.4, -0.2) is 29.3 Å². The fraction of sp³-hybridized carbons (Fsp3) is 0.556. The van der Waals surface area contributed by atoms with E-state index in [0.717, 1.165) is 31.7 Å². The van der Waals surface area contributed by atoms with E-state index in [4.69, 9.17) is 5.73 Å². The summed E-state index contributed by atoms with van der Waals surface area (Å²) in [4.78, 5) is 2.23. The third kappa shape index (κ3) is 1.95. The van der Waals surface area contributed by atoms with E-state index < -0.39 is 0 Å². The topological polar surface area (TPSA) is 55.0 Å². The van der Waals surface area contributed by atoms with Gasteiger partial charge in [0.05, 0.1) is 0 Å². The third-order valence-electron chi connectivity index (χ3n) is 2.42. The zero-order chi connectivity index (χ0) is 9.10. The van der Waals surface area contributed by atoms with Crippen molar-refractivity contribution in [2.75, 3.05) is 18.0 Å². The smallest absolute Gasteiger partial charge is 0.151 e. The summed E-state index contributed by atoms with van der Waals surface area (Å²) < 4.78 is 0. The number of nitrogens with two attached hydrogens (primary N) is 1. The number of hydrogen-bond donors (Lipinski definition) is 1. The molecule has 0 radical (unpaired) electrons. The van der Waals surface area contributed by atoms with Crippen molar-refractivity contribution in [1.29, 1.82) is 0 Å². The van der Waals surface area contributed by atoms with E-state index in [2.05, 4.69) is 15.1 Å². The number of anilines is 1. The first kappa shape index (κ1) is 8.44. The first-order valence-electron chi connectivity index (χ1n) is 4.64. The molecule has 1 saturated heterocycles. The van der Waals surface area contributed by atoms with Crippen molar-refractivity contribution in [3.05, 3.63) is 18.3 Å². The number of nitrogens with zero attached hydrogens (tertiary/aromatic N) is 3. The van der Waals surface area contributed by atoms with Crippen molar-refractivity contribution >= 4 is 5.82 Å². The van der Waals surface area contributed by atoms with Gasteiger partial charge in [0.1, 0.15) is 0 Å². The molecular weight excluding hydrogens is 164 g/mol. The van der Waals surface area contributed by atoms with E-state index >= 15 is 0 Å². The maximum absolute atomic E-state index is 5.81. The van der Waals surface area contributed by atoms with Gasteiger partial charge in [0.2, 0.25) is 0 Å². The second kappa shape index (κ2) is 3.70. The molecule has 4 heteroatoms. The van der Waals surface area contributed by atoms with Crippen LogP contribution in [0, 0.1) is 0 Å². The second-order valence-electron chi connectivity index (χ2n) is 3.41. The molecular formula is C9H14N4. The molecule has 0 unspecified atom stereocenters. The van der Waals surface area contributed by atoms with E-state index in [1.807, 2.05) is 12.1 Å². The van der Waals surface area contributed by atoms with Crippen LogP contribution in [0.3, 0.4) is 0 Å². The maximum atomic E-state index is 5.81. The van der Waals surface area contributed by atoms with Crippen molar-refractivity contribution in [2.45, 2.75) is 18.9 Å². The Morgan fingerprint density at radius 1 is 1.38 bits per heavy atom. The molecule has 1 aliphatic rings. The molecule has 0 atom stereocenters. The maximum Gasteiger partial charge on any atom is 0.151 e. The highest BCUT2D eigenvalue weighted by atomic mass is 15.3. The highest BCUT2D eigenvalue weighted by molar-refractivity contribution is 5.36. The number of rotatable bonds is 1. The molecule has 13 heavy (non-hydrogen) atoms. The molecule has 2 heterocycles. The molecule has 0 spiro atoms. The lowest BCUT2D eigenvalue weighted by Gasteiger charge is -2.30. The van der Waals surface area contributed by atoms with Gasteiger partial charge in [-0.05, 0) is 25.0 Å². The summed E-state index contributed by atoms with van der Waals surface area (Å²) in [5, 5.41) is 7.92. The summed E-state index contributed by atoms with van der Waals surface area (Å²) in [6.07, 6.45) is 3.80. The van der Waals surface area contributed by atoms with Crippen molar-refractivity contribution < 1.29 is 0 Å². The molecule has 2 N–H and O–H groups in total. The van der Waals surface area contributed by atoms with Gasteiger partial charge in [-0.15, -0.1) is 5.10 Å². The SMILES string of the molecule is NC1CCN(c2cccnn2)CC1. The molecule has 1 aliphatic heterocycles. The molecule has 1 aromatic rings. The first-order chi connectivity index (χ1) is 6.36. The van der Waals surface area contributed by atoms with Crippen LogP contribution in [0.4, 0.5) is 5.82 Å². The van der Waals surface area contributed by atoms with Crippen molar-refractivity contribution in [2.24, 2.45) is 5.73 Å². The van der Waals surface area contributed by atoms with Gasteiger partial charge >= 0.3 is 0 Å². The Balaban J connectivity index is 2.03. The summed E-state index contributed by atoms with van der Waals surface area (Å²) in [7, 11) is 0. The van der Waals surface area contributed by atoms with Crippen LogP contribution in [-0.2, 0) is 0 Å². The molecule has 2 rings (SSSR count). The molecule has 0 saturated carbocycles. The molecule has 1 aromatic heterocycles. The predicted molar refractivity (Wildman–Crippen MR) is 51.5 cm³/mol. The normalized spacial score (nSPS) is 19.0. The summed E-state index contributed by atoms with van der Waals surface area (Å²) in [5.74, 6) is 0.967. The third-order valence-corrected chi connectivity index (χ3v) is 2.42. The van der Waals surface area contributed by atoms with Crippen LogP contribution in [0.5, 0.6) is 0 Å². The minimum absolute atomic E-state index is 0.368. The van der Waals surface area contributed by atoms with Crippen LogP contribution < -0.4 is 10.6 Å². The van der Waals surface area contributed by atoms with Crippen molar-refractivity contribution in [3.8, 4) is 0 Å². The van der Waals surface area contributed by atoms with Crippen molar-refractivity contribution in [1.82, 2.24) is 10.2 Å². The van der Waals surface area contributed by atoms with E-state index in [9.17, 15) is 0 Å². The van der Waals surface area contributed by atoms with Crippen LogP contribution >= 0.6 is 0 Å². The molecule has 0 aromatic carbocycles. The van der Waals surface area contributed by atoms with Gasteiger partial charge in [-0.3, -0.25) is 0 Å². The lowest BCUT2D eigenvalue weighted by atomic mass is 10.1. The lowest BCUT2D eigenvalue weighted by Crippen LogP contribution is -2.40. The van der Waals surface area contributed by atoms with Gasteiger partial charge in [-0.2, -0.15) is 5.10 Å². The molecule has 70 valence electrons. The summed E-state index contributed by atoms with van der Waals surface area (Å²) in [5.41, 5.74) is 5.81. The standard InChI is InChI=1S/C9H14N4/c10-8-3-6-13(7-4-8)9-2-1-5-11-12-9/h1-2,5,8H,3-4,6-7,10H2. The van der Waals surface area contributed by atoms with Gasteiger partial charge in [-0.25, -0.2) is 0 Å². The fourth-order valence-electron chi connectivity index (χ4n) is 1.59. The second-order valence-corrected chi connectivity index (χ2v) is 3.41. The summed E-state index contributed by atoms with van der Waals surface area (Å²) in [6, 6.07) is 4.27. The minimum Gasteiger partial charge on any atom is -0.355 e. The van der Waals surface area contributed by atoms with E-state index in [-0.39, 0.29) is 0 Å². The number of hydrogen-bond acceptors (Lipinski definition) is 4. The predicted octanol–water partition coefficient (Wildman–Crippen LogP) is 0.404. The van der Waals surface area contributed by atoms with Crippen LogP contribution in [0.1, 0.15) is 12.8 Å². The Kier molecular flexibility index (Phi) is 2.40. The minimum atomic E-state index is 0.368. The number of piperidine rings is 1. The molecule has 0 aliphatic carbocycles. The largest absolute Gasteiger partial charge is 0.355 e. The summed E-state index contributed by atoms with van der Waals surface area (Å²) >= 11 is 0. The van der Waals surface area contributed by atoms with E-state index in [1.165, 1.54) is 0 Å². The van der Waals surface area contributed by atoms with Crippen molar-refractivity contribution in [3.63, 3.8) is 0 Å². The van der Waals surface area contributed by atoms with Gasteiger partial charge in [0.25, 0.3) is 0 Å². The van der Waals surface area contributed by atoms with Crippen LogP contribution in [0.15, 0.2) is 18.3 Å². The first-order valence-corrected chi connectivity index (χ1v) is 4.64. The Labute approximate surface area is 77.8 Å². The van der Waals surface area contributed by atoms with E-state index in [1.54, 1.807) is 6.20 Å². The molecule has 4 nitrogen and oxygen atoms in total. The van der Waals surface area contributed by atoms with Gasteiger partial charge < -0.3 is 10.6 Å².